The molecule has 0 fully saturated rings. The molecule has 0 aliphatic heterocycles. The summed E-state index contributed by atoms with van der Waals surface area (Å²) in [5, 5.41) is 3.36. The van der Waals surface area contributed by atoms with Gasteiger partial charge in [0, 0.05) is 25.0 Å². The zero-order chi connectivity index (χ0) is 10.4. The minimum atomic E-state index is 0.782. The highest BCUT2D eigenvalue weighted by atomic mass is 15.0. The molecule has 0 unspecified atom stereocenters. The van der Waals surface area contributed by atoms with Crippen molar-refractivity contribution in [3.05, 3.63) is 24.0 Å². The van der Waals surface area contributed by atoms with E-state index in [9.17, 15) is 0 Å². The van der Waals surface area contributed by atoms with Gasteiger partial charge in [-0.1, -0.05) is 20.8 Å². The largest absolute Gasteiger partial charge is 0.350 e. The third-order valence-electron chi connectivity index (χ3n) is 2.43. The molecule has 0 saturated carbocycles. The van der Waals surface area contributed by atoms with Crippen molar-refractivity contribution < 1.29 is 0 Å². The molecule has 0 bridgehead atoms. The quantitative estimate of drug-likeness (QED) is 0.736. The second kappa shape index (κ2) is 5.86. The van der Waals surface area contributed by atoms with Crippen LogP contribution in [0, 0.1) is 5.92 Å². The molecule has 1 N–H and O–H groups in total. The Kier molecular flexibility index (Phi) is 4.74. The van der Waals surface area contributed by atoms with Crippen molar-refractivity contribution in [1.29, 1.82) is 0 Å². The van der Waals surface area contributed by atoms with Crippen LogP contribution in [0.5, 0.6) is 0 Å². The van der Waals surface area contributed by atoms with Crippen molar-refractivity contribution >= 4 is 0 Å². The van der Waals surface area contributed by atoms with Gasteiger partial charge in [-0.05, 0) is 31.0 Å². The first-order valence-corrected chi connectivity index (χ1v) is 5.58. The van der Waals surface area contributed by atoms with E-state index in [0.29, 0.717) is 0 Å². The summed E-state index contributed by atoms with van der Waals surface area (Å²) < 4.78 is 2.35. The number of hydrogen-bond acceptors (Lipinski definition) is 1. The summed E-state index contributed by atoms with van der Waals surface area (Å²) in [6.07, 6.45) is 3.43. The minimum Gasteiger partial charge on any atom is -0.350 e. The highest BCUT2D eigenvalue weighted by Gasteiger charge is 2.00. The van der Waals surface area contributed by atoms with Crippen LogP contribution in [0.4, 0.5) is 0 Å². The van der Waals surface area contributed by atoms with Gasteiger partial charge in [0.15, 0.2) is 0 Å². The van der Waals surface area contributed by atoms with Crippen molar-refractivity contribution in [1.82, 2.24) is 9.88 Å². The van der Waals surface area contributed by atoms with Crippen molar-refractivity contribution in [3.8, 4) is 0 Å². The van der Waals surface area contributed by atoms with Gasteiger partial charge in [0.25, 0.3) is 0 Å². The zero-order valence-electron chi connectivity index (χ0n) is 9.59. The Labute approximate surface area is 87.3 Å². The second-order valence-corrected chi connectivity index (χ2v) is 4.16. The molecule has 0 aliphatic rings. The minimum absolute atomic E-state index is 0.782. The van der Waals surface area contributed by atoms with Crippen LogP contribution in [-0.2, 0) is 13.1 Å². The summed E-state index contributed by atoms with van der Waals surface area (Å²) in [7, 11) is 0. The fraction of sp³-hybridized carbons (Fsp3) is 0.667. The molecule has 2 heteroatoms. The first-order valence-electron chi connectivity index (χ1n) is 5.58. The van der Waals surface area contributed by atoms with Crippen LogP contribution in [0.1, 0.15) is 32.9 Å². The molecule has 80 valence electrons. The number of aromatic nitrogens is 1. The Balaban J connectivity index is 2.45. The molecule has 1 rings (SSSR count). The lowest BCUT2D eigenvalue weighted by atomic mass is 10.1. The summed E-state index contributed by atoms with van der Waals surface area (Å²) in [5.41, 5.74) is 1.40. The van der Waals surface area contributed by atoms with Crippen molar-refractivity contribution in [2.24, 2.45) is 5.92 Å². The molecular formula is C12H22N2. The number of rotatable bonds is 6. The molecule has 0 spiro atoms. The van der Waals surface area contributed by atoms with E-state index >= 15 is 0 Å². The van der Waals surface area contributed by atoms with Crippen LogP contribution in [0.25, 0.3) is 0 Å². The van der Waals surface area contributed by atoms with Gasteiger partial charge in [0.05, 0.1) is 0 Å². The zero-order valence-corrected chi connectivity index (χ0v) is 9.59. The van der Waals surface area contributed by atoms with Crippen LogP contribution < -0.4 is 5.32 Å². The molecule has 0 aliphatic carbocycles. The molecule has 0 saturated heterocycles. The predicted molar refractivity (Wildman–Crippen MR) is 61.3 cm³/mol. The Morgan fingerprint density at radius 2 is 2.21 bits per heavy atom. The van der Waals surface area contributed by atoms with Crippen LogP contribution >= 0.6 is 0 Å². The smallest absolute Gasteiger partial charge is 0.0359 e. The van der Waals surface area contributed by atoms with Crippen molar-refractivity contribution in [2.75, 3.05) is 6.54 Å². The third kappa shape index (κ3) is 3.54. The fourth-order valence-corrected chi connectivity index (χ4v) is 1.48. The number of aryl methyl sites for hydroxylation is 1. The predicted octanol–water partition coefficient (Wildman–Crippen LogP) is 2.64. The first-order chi connectivity index (χ1) is 6.74. The topological polar surface area (TPSA) is 17.0 Å². The summed E-state index contributed by atoms with van der Waals surface area (Å²) in [6.45, 7) is 9.85. The van der Waals surface area contributed by atoms with Crippen LogP contribution in [-0.4, -0.2) is 11.1 Å². The molecule has 14 heavy (non-hydrogen) atoms. The van der Waals surface area contributed by atoms with Gasteiger partial charge < -0.3 is 9.88 Å². The van der Waals surface area contributed by atoms with E-state index < -0.39 is 0 Å². The van der Waals surface area contributed by atoms with E-state index in [1.807, 2.05) is 0 Å². The van der Waals surface area contributed by atoms with Gasteiger partial charge in [-0.3, -0.25) is 0 Å². The Bertz CT molecular complexity index is 251. The molecule has 1 heterocycles. The van der Waals surface area contributed by atoms with Crippen molar-refractivity contribution in [2.45, 2.75) is 40.3 Å². The number of hydrogen-bond donors (Lipinski definition) is 1. The summed E-state index contributed by atoms with van der Waals surface area (Å²) in [4.78, 5) is 0. The highest BCUT2D eigenvalue weighted by Crippen LogP contribution is 2.07. The van der Waals surface area contributed by atoms with Gasteiger partial charge in [-0.2, -0.15) is 0 Å². The molecule has 0 atom stereocenters. The normalized spacial score (nSPS) is 11.1. The summed E-state index contributed by atoms with van der Waals surface area (Å²) in [5.74, 6) is 0.782. The van der Waals surface area contributed by atoms with Gasteiger partial charge in [0.1, 0.15) is 0 Å². The molecule has 0 amide bonds. The Hall–Kier alpha value is -0.760. The molecule has 0 aromatic carbocycles. The molecule has 1 aromatic rings. The lowest BCUT2D eigenvalue weighted by molar-refractivity contribution is 0.502. The van der Waals surface area contributed by atoms with Gasteiger partial charge in [-0.25, -0.2) is 0 Å². The molecular weight excluding hydrogens is 172 g/mol. The maximum absolute atomic E-state index is 3.36. The summed E-state index contributed by atoms with van der Waals surface area (Å²) >= 11 is 0. The van der Waals surface area contributed by atoms with Crippen LogP contribution in [0.2, 0.25) is 0 Å². The number of nitrogens with zero attached hydrogens (tertiary/aromatic N) is 1. The van der Waals surface area contributed by atoms with E-state index in [1.165, 1.54) is 12.1 Å². The maximum atomic E-state index is 3.36. The van der Waals surface area contributed by atoms with E-state index in [4.69, 9.17) is 0 Å². The average Bonchev–Trinajstić information content (AvgIpc) is 2.58. The monoisotopic (exact) mass is 194 g/mol. The van der Waals surface area contributed by atoms with E-state index in [-0.39, 0.29) is 0 Å². The fourth-order valence-electron chi connectivity index (χ4n) is 1.48. The van der Waals surface area contributed by atoms with Gasteiger partial charge >= 0.3 is 0 Å². The number of nitrogens with one attached hydrogen (secondary N) is 1. The molecule has 1 aromatic heterocycles. The molecule has 0 radical (unpaired) electrons. The third-order valence-corrected chi connectivity index (χ3v) is 2.43. The van der Waals surface area contributed by atoms with E-state index in [1.54, 1.807) is 0 Å². The second-order valence-electron chi connectivity index (χ2n) is 4.16. The van der Waals surface area contributed by atoms with E-state index in [0.717, 1.165) is 25.6 Å². The Morgan fingerprint density at radius 1 is 1.43 bits per heavy atom. The summed E-state index contributed by atoms with van der Waals surface area (Å²) in [6, 6.07) is 4.33. The maximum Gasteiger partial charge on any atom is 0.0359 e. The highest BCUT2D eigenvalue weighted by molar-refractivity contribution is 5.06. The molecule has 2 nitrogen and oxygen atoms in total. The Morgan fingerprint density at radius 3 is 2.86 bits per heavy atom. The van der Waals surface area contributed by atoms with Gasteiger partial charge in [0.2, 0.25) is 0 Å². The average molecular weight is 194 g/mol. The van der Waals surface area contributed by atoms with Crippen molar-refractivity contribution in [3.63, 3.8) is 0 Å². The van der Waals surface area contributed by atoms with Crippen LogP contribution in [0.3, 0.4) is 0 Å². The van der Waals surface area contributed by atoms with E-state index in [2.05, 4.69) is 49.0 Å². The lowest BCUT2D eigenvalue weighted by Crippen LogP contribution is -2.15. The standard InChI is InChI=1S/C12H22N2/c1-4-13-10-12-6-5-8-14(12)9-7-11(2)3/h5-6,8,11,13H,4,7,9-10H2,1-3H3. The SMILES string of the molecule is CCNCc1cccn1CCC(C)C. The first kappa shape index (κ1) is 11.3. The lowest BCUT2D eigenvalue weighted by Gasteiger charge is -2.10. The van der Waals surface area contributed by atoms with Crippen LogP contribution in [0.15, 0.2) is 18.3 Å². The van der Waals surface area contributed by atoms with Gasteiger partial charge in [-0.15, -0.1) is 0 Å².